The van der Waals surface area contributed by atoms with E-state index in [0.29, 0.717) is 32.7 Å². The van der Waals surface area contributed by atoms with Crippen molar-refractivity contribution in [3.63, 3.8) is 0 Å². The zero-order chi connectivity index (χ0) is 16.1. The fraction of sp³-hybridized carbons (Fsp3) is 0.929. The molecule has 0 saturated carbocycles. The third kappa shape index (κ3) is 3.47. The molecule has 1 unspecified atom stereocenters. The first kappa shape index (κ1) is 16.9. The SMILES string of the molecule is CC1(C)OC(C)(C)C(CN2CCN(S(C)(=O)=O)CC2)C1=O. The van der Waals surface area contributed by atoms with E-state index in [1.807, 2.05) is 27.7 Å². The largest absolute Gasteiger partial charge is 0.361 e. The van der Waals surface area contributed by atoms with E-state index in [9.17, 15) is 13.2 Å². The molecule has 2 aliphatic rings. The molecule has 0 spiro atoms. The summed E-state index contributed by atoms with van der Waals surface area (Å²) in [6.45, 7) is 10.5. The van der Waals surface area contributed by atoms with Crippen LogP contribution >= 0.6 is 0 Å². The lowest BCUT2D eigenvalue weighted by atomic mass is 9.85. The number of nitrogens with zero attached hydrogens (tertiary/aromatic N) is 2. The molecule has 0 aromatic heterocycles. The topological polar surface area (TPSA) is 66.9 Å². The number of hydrogen-bond donors (Lipinski definition) is 0. The van der Waals surface area contributed by atoms with Crippen LogP contribution < -0.4 is 0 Å². The Bertz CT molecular complexity index is 519. The van der Waals surface area contributed by atoms with E-state index in [1.165, 1.54) is 10.6 Å². The lowest BCUT2D eigenvalue weighted by Gasteiger charge is -2.36. The van der Waals surface area contributed by atoms with E-state index in [0.717, 1.165) is 0 Å². The first-order chi connectivity index (χ1) is 9.43. The fourth-order valence-electron chi connectivity index (χ4n) is 3.32. The maximum absolute atomic E-state index is 12.5. The highest BCUT2D eigenvalue weighted by Gasteiger charge is 2.53. The van der Waals surface area contributed by atoms with E-state index >= 15 is 0 Å². The van der Waals surface area contributed by atoms with Gasteiger partial charge in [0.05, 0.1) is 17.8 Å². The minimum Gasteiger partial charge on any atom is -0.361 e. The van der Waals surface area contributed by atoms with Crippen LogP contribution in [-0.2, 0) is 19.6 Å². The van der Waals surface area contributed by atoms with Crippen molar-refractivity contribution in [3.05, 3.63) is 0 Å². The third-order valence-electron chi connectivity index (χ3n) is 4.51. The molecule has 0 amide bonds. The van der Waals surface area contributed by atoms with Gasteiger partial charge in [0.2, 0.25) is 10.0 Å². The van der Waals surface area contributed by atoms with Crippen LogP contribution in [0.1, 0.15) is 27.7 Å². The Kier molecular flexibility index (Phi) is 4.25. The van der Waals surface area contributed by atoms with Crippen LogP contribution in [0.2, 0.25) is 0 Å². The second kappa shape index (κ2) is 5.30. The zero-order valence-electron chi connectivity index (χ0n) is 13.5. The molecule has 0 radical (unpaired) electrons. The zero-order valence-corrected chi connectivity index (χ0v) is 14.4. The van der Waals surface area contributed by atoms with E-state index in [4.69, 9.17) is 4.74 Å². The highest BCUT2D eigenvalue weighted by molar-refractivity contribution is 7.88. The summed E-state index contributed by atoms with van der Waals surface area (Å²) in [6, 6.07) is 0. The predicted octanol–water partition coefficient (Wildman–Crippen LogP) is 0.336. The molecule has 2 fully saturated rings. The average molecular weight is 318 g/mol. The van der Waals surface area contributed by atoms with Crippen LogP contribution in [0, 0.1) is 5.92 Å². The smallest absolute Gasteiger partial charge is 0.211 e. The number of Topliss-reactive ketones (excluding diaryl/α,β-unsaturated/α-hetero) is 1. The van der Waals surface area contributed by atoms with Crippen molar-refractivity contribution in [2.75, 3.05) is 39.0 Å². The molecule has 2 aliphatic heterocycles. The van der Waals surface area contributed by atoms with Crippen molar-refractivity contribution in [2.45, 2.75) is 38.9 Å². The molecular weight excluding hydrogens is 292 g/mol. The number of carbonyl (C=O) groups excluding carboxylic acids is 1. The summed E-state index contributed by atoms with van der Waals surface area (Å²) in [4.78, 5) is 14.6. The monoisotopic (exact) mass is 318 g/mol. The minimum atomic E-state index is -3.11. The number of sulfonamides is 1. The summed E-state index contributed by atoms with van der Waals surface area (Å²) in [5.74, 6) is -0.0321. The summed E-state index contributed by atoms with van der Waals surface area (Å²) in [5.41, 5.74) is -1.21. The highest BCUT2D eigenvalue weighted by Crippen LogP contribution is 2.39. The molecule has 2 heterocycles. The Labute approximate surface area is 127 Å². The van der Waals surface area contributed by atoms with Crippen molar-refractivity contribution in [1.82, 2.24) is 9.21 Å². The molecule has 0 N–H and O–H groups in total. The lowest BCUT2D eigenvalue weighted by Crippen LogP contribution is -2.51. The first-order valence-corrected chi connectivity index (χ1v) is 9.20. The molecule has 0 aromatic carbocycles. The van der Waals surface area contributed by atoms with Gasteiger partial charge in [-0.25, -0.2) is 8.42 Å². The minimum absolute atomic E-state index is 0.137. The van der Waals surface area contributed by atoms with Crippen LogP contribution in [-0.4, -0.2) is 73.6 Å². The van der Waals surface area contributed by atoms with Crippen LogP contribution in [0.3, 0.4) is 0 Å². The van der Waals surface area contributed by atoms with Gasteiger partial charge in [-0.1, -0.05) is 0 Å². The lowest BCUT2D eigenvalue weighted by molar-refractivity contribution is -0.132. The molecule has 21 heavy (non-hydrogen) atoms. The van der Waals surface area contributed by atoms with Crippen LogP contribution in [0.4, 0.5) is 0 Å². The van der Waals surface area contributed by atoms with Gasteiger partial charge in [0.25, 0.3) is 0 Å². The molecule has 0 bridgehead atoms. The van der Waals surface area contributed by atoms with Crippen molar-refractivity contribution in [3.8, 4) is 0 Å². The third-order valence-corrected chi connectivity index (χ3v) is 5.81. The quantitative estimate of drug-likeness (QED) is 0.750. The summed E-state index contributed by atoms with van der Waals surface area (Å²) >= 11 is 0. The fourth-order valence-corrected chi connectivity index (χ4v) is 4.15. The average Bonchev–Trinajstić information content (AvgIpc) is 2.47. The van der Waals surface area contributed by atoms with Crippen molar-refractivity contribution in [2.24, 2.45) is 5.92 Å². The predicted molar refractivity (Wildman–Crippen MR) is 80.6 cm³/mol. The van der Waals surface area contributed by atoms with Crippen molar-refractivity contribution in [1.29, 1.82) is 0 Å². The molecule has 122 valence electrons. The van der Waals surface area contributed by atoms with E-state index < -0.39 is 21.2 Å². The number of carbonyl (C=O) groups is 1. The molecule has 2 saturated heterocycles. The van der Waals surface area contributed by atoms with Crippen molar-refractivity contribution < 1.29 is 17.9 Å². The molecule has 0 aromatic rings. The normalized spacial score (nSPS) is 30.7. The molecular formula is C14H26N2O4S. The Balaban J connectivity index is 1.99. The standard InChI is InChI=1S/C14H26N2O4S/c1-13(2)11(12(17)14(3,4)20-13)10-15-6-8-16(9-7-15)21(5,18)19/h11H,6-10H2,1-5H3. The van der Waals surface area contributed by atoms with Crippen molar-refractivity contribution >= 4 is 15.8 Å². The second-order valence-electron chi connectivity index (χ2n) is 7.10. The second-order valence-corrected chi connectivity index (χ2v) is 9.08. The molecule has 0 aliphatic carbocycles. The van der Waals surface area contributed by atoms with Gasteiger partial charge in [0, 0.05) is 32.7 Å². The van der Waals surface area contributed by atoms with Crippen LogP contribution in [0.15, 0.2) is 0 Å². The first-order valence-electron chi connectivity index (χ1n) is 7.35. The maximum Gasteiger partial charge on any atom is 0.211 e. The van der Waals surface area contributed by atoms with Gasteiger partial charge in [-0.15, -0.1) is 0 Å². The summed E-state index contributed by atoms with van der Waals surface area (Å²) in [7, 11) is -3.11. The number of piperazine rings is 1. The van der Waals surface area contributed by atoms with Gasteiger partial charge in [0.15, 0.2) is 5.78 Å². The highest BCUT2D eigenvalue weighted by atomic mass is 32.2. The summed E-state index contributed by atoms with van der Waals surface area (Å²) < 4.78 is 30.4. The van der Waals surface area contributed by atoms with Gasteiger partial charge in [0.1, 0.15) is 5.60 Å². The summed E-state index contributed by atoms with van der Waals surface area (Å²) in [6.07, 6.45) is 1.24. The molecule has 6 nitrogen and oxygen atoms in total. The van der Waals surface area contributed by atoms with Gasteiger partial charge < -0.3 is 4.74 Å². The number of hydrogen-bond acceptors (Lipinski definition) is 5. The van der Waals surface area contributed by atoms with Gasteiger partial charge >= 0.3 is 0 Å². The Morgan fingerprint density at radius 3 is 2.05 bits per heavy atom. The Morgan fingerprint density at radius 1 is 1.14 bits per heavy atom. The molecule has 7 heteroatoms. The van der Waals surface area contributed by atoms with Crippen LogP contribution in [0.25, 0.3) is 0 Å². The van der Waals surface area contributed by atoms with Gasteiger partial charge in [-0.2, -0.15) is 4.31 Å². The van der Waals surface area contributed by atoms with Gasteiger partial charge in [-0.3, -0.25) is 9.69 Å². The van der Waals surface area contributed by atoms with Gasteiger partial charge in [-0.05, 0) is 27.7 Å². The van der Waals surface area contributed by atoms with E-state index in [-0.39, 0.29) is 11.7 Å². The summed E-state index contributed by atoms with van der Waals surface area (Å²) in [5, 5.41) is 0. The Morgan fingerprint density at radius 2 is 1.67 bits per heavy atom. The number of ether oxygens (including phenoxy) is 1. The number of ketones is 1. The van der Waals surface area contributed by atoms with Crippen LogP contribution in [0.5, 0.6) is 0 Å². The number of rotatable bonds is 3. The molecule has 2 rings (SSSR count). The van der Waals surface area contributed by atoms with E-state index in [2.05, 4.69) is 4.90 Å². The molecule has 1 atom stereocenters. The maximum atomic E-state index is 12.5. The van der Waals surface area contributed by atoms with E-state index in [1.54, 1.807) is 0 Å². The Hall–Kier alpha value is -0.500.